The third kappa shape index (κ3) is 6.77. The van der Waals surface area contributed by atoms with Crippen LogP contribution in [0, 0.1) is 0 Å². The molecule has 0 spiro atoms. The molecule has 0 atom stereocenters. The Bertz CT molecular complexity index is 406. The number of halogens is 3. The summed E-state index contributed by atoms with van der Waals surface area (Å²) in [6, 6.07) is 0. The van der Waals surface area contributed by atoms with Gasteiger partial charge in [0.05, 0.1) is 25.0 Å². The Hall–Kier alpha value is -1.61. The number of amides is 1. The number of methoxy groups -OCH3 is 1. The van der Waals surface area contributed by atoms with Gasteiger partial charge >= 0.3 is 6.18 Å². The summed E-state index contributed by atoms with van der Waals surface area (Å²) in [5.74, 6) is -0.359. The highest BCUT2D eigenvalue weighted by molar-refractivity contribution is 5.91. The van der Waals surface area contributed by atoms with Crippen LogP contribution in [0.5, 0.6) is 0 Å². The van der Waals surface area contributed by atoms with Crippen molar-refractivity contribution in [3.63, 3.8) is 0 Å². The van der Waals surface area contributed by atoms with E-state index in [1.54, 1.807) is 0 Å². The quantitative estimate of drug-likeness (QED) is 0.718. The maximum Gasteiger partial charge on any atom is 0.408 e. The first-order valence-corrected chi connectivity index (χ1v) is 5.49. The van der Waals surface area contributed by atoms with Crippen molar-refractivity contribution >= 4 is 11.6 Å². The fourth-order valence-corrected chi connectivity index (χ4v) is 1.28. The third-order valence-corrected chi connectivity index (χ3v) is 2.03. The van der Waals surface area contributed by atoms with Gasteiger partial charge in [0.15, 0.2) is 0 Å². The molecule has 1 aromatic heterocycles. The lowest BCUT2D eigenvalue weighted by molar-refractivity contribution is -0.142. The number of alkyl halides is 3. The van der Waals surface area contributed by atoms with Crippen LogP contribution < -0.4 is 10.6 Å². The standard InChI is InChI=1S/C10H15F3N4O2/c1-19-3-2-14-5-9(18)16-8-4-15-17(6-8)7-10(11,12)13/h4,6,14H,2-3,5,7H2,1H3,(H,16,18). The molecule has 0 aliphatic heterocycles. The fourth-order valence-electron chi connectivity index (χ4n) is 1.28. The molecule has 0 radical (unpaired) electrons. The molecule has 0 bridgehead atoms. The van der Waals surface area contributed by atoms with E-state index in [4.69, 9.17) is 4.74 Å². The molecule has 0 aromatic carbocycles. The van der Waals surface area contributed by atoms with Gasteiger partial charge in [-0.3, -0.25) is 9.48 Å². The summed E-state index contributed by atoms with van der Waals surface area (Å²) in [5, 5.41) is 8.75. The largest absolute Gasteiger partial charge is 0.408 e. The summed E-state index contributed by atoms with van der Waals surface area (Å²) in [6.07, 6.45) is -2.05. The summed E-state index contributed by atoms with van der Waals surface area (Å²) in [6.45, 7) is -0.156. The molecule has 0 saturated carbocycles. The Morgan fingerprint density at radius 1 is 1.53 bits per heavy atom. The number of ether oxygens (including phenoxy) is 1. The smallest absolute Gasteiger partial charge is 0.383 e. The molecule has 2 N–H and O–H groups in total. The van der Waals surface area contributed by atoms with E-state index in [0.29, 0.717) is 17.8 Å². The first-order chi connectivity index (χ1) is 8.90. The lowest BCUT2D eigenvalue weighted by atomic mass is 10.5. The number of carbonyl (C=O) groups excluding carboxylic acids is 1. The van der Waals surface area contributed by atoms with Crippen molar-refractivity contribution in [2.75, 3.05) is 32.1 Å². The zero-order chi connectivity index (χ0) is 14.3. The zero-order valence-electron chi connectivity index (χ0n) is 10.3. The molecule has 0 saturated heterocycles. The van der Waals surface area contributed by atoms with E-state index in [1.807, 2.05) is 0 Å². The Balaban J connectivity index is 2.34. The molecule has 0 fully saturated rings. The average Bonchev–Trinajstić information content (AvgIpc) is 2.69. The van der Waals surface area contributed by atoms with Crippen LogP contribution in [0.2, 0.25) is 0 Å². The highest BCUT2D eigenvalue weighted by Gasteiger charge is 2.28. The lowest BCUT2D eigenvalue weighted by Crippen LogP contribution is -2.30. The molecule has 108 valence electrons. The molecular formula is C10H15F3N4O2. The molecule has 0 aliphatic rings. The Kier molecular flexibility index (Phi) is 5.77. The summed E-state index contributed by atoms with van der Waals surface area (Å²) in [4.78, 5) is 11.4. The van der Waals surface area contributed by atoms with Crippen molar-refractivity contribution in [2.24, 2.45) is 0 Å². The highest BCUT2D eigenvalue weighted by Crippen LogP contribution is 2.17. The predicted molar refractivity (Wildman–Crippen MR) is 61.7 cm³/mol. The number of aromatic nitrogens is 2. The Morgan fingerprint density at radius 2 is 2.26 bits per heavy atom. The van der Waals surface area contributed by atoms with Crippen molar-refractivity contribution in [1.82, 2.24) is 15.1 Å². The number of anilines is 1. The van der Waals surface area contributed by atoms with Crippen LogP contribution in [-0.2, 0) is 16.1 Å². The maximum absolute atomic E-state index is 12.1. The number of hydrogen-bond acceptors (Lipinski definition) is 4. The van der Waals surface area contributed by atoms with Crippen LogP contribution in [0.25, 0.3) is 0 Å². The molecule has 6 nitrogen and oxygen atoms in total. The van der Waals surface area contributed by atoms with Gasteiger partial charge in [0.25, 0.3) is 0 Å². The van der Waals surface area contributed by atoms with Gasteiger partial charge < -0.3 is 15.4 Å². The topological polar surface area (TPSA) is 68.2 Å². The highest BCUT2D eigenvalue weighted by atomic mass is 19.4. The number of rotatable bonds is 7. The van der Waals surface area contributed by atoms with Crippen LogP contribution >= 0.6 is 0 Å². The second-order valence-electron chi connectivity index (χ2n) is 3.76. The molecule has 1 heterocycles. The molecule has 0 unspecified atom stereocenters. The minimum atomic E-state index is -4.34. The van der Waals surface area contributed by atoms with Gasteiger partial charge in [0.1, 0.15) is 6.54 Å². The maximum atomic E-state index is 12.1. The zero-order valence-corrected chi connectivity index (χ0v) is 10.3. The van der Waals surface area contributed by atoms with Crippen molar-refractivity contribution < 1.29 is 22.7 Å². The van der Waals surface area contributed by atoms with Crippen LogP contribution in [-0.4, -0.2) is 48.7 Å². The first kappa shape index (κ1) is 15.4. The summed E-state index contributed by atoms with van der Waals surface area (Å²) in [5.41, 5.74) is 0.225. The van der Waals surface area contributed by atoms with E-state index in [0.717, 1.165) is 6.20 Å². The predicted octanol–water partition coefficient (Wildman–Crippen LogP) is 0.620. The molecule has 1 amide bonds. The lowest BCUT2D eigenvalue weighted by Gasteiger charge is -2.05. The molecular weight excluding hydrogens is 265 g/mol. The van der Waals surface area contributed by atoms with Crippen molar-refractivity contribution in [3.8, 4) is 0 Å². The van der Waals surface area contributed by atoms with E-state index < -0.39 is 12.7 Å². The first-order valence-electron chi connectivity index (χ1n) is 5.49. The summed E-state index contributed by atoms with van der Waals surface area (Å²) in [7, 11) is 1.54. The van der Waals surface area contributed by atoms with Gasteiger partial charge in [-0.15, -0.1) is 0 Å². The van der Waals surface area contributed by atoms with Gasteiger partial charge in [-0.1, -0.05) is 0 Å². The summed E-state index contributed by atoms with van der Waals surface area (Å²) >= 11 is 0. The Labute approximate surface area is 107 Å². The molecule has 19 heavy (non-hydrogen) atoms. The van der Waals surface area contributed by atoms with E-state index in [-0.39, 0.29) is 18.1 Å². The van der Waals surface area contributed by atoms with Crippen LogP contribution in [0.1, 0.15) is 0 Å². The fraction of sp³-hybridized carbons (Fsp3) is 0.600. The van der Waals surface area contributed by atoms with E-state index in [2.05, 4.69) is 15.7 Å². The van der Waals surface area contributed by atoms with Crippen LogP contribution in [0.4, 0.5) is 18.9 Å². The normalized spacial score (nSPS) is 11.6. The average molecular weight is 280 g/mol. The SMILES string of the molecule is COCCNCC(=O)Nc1cnn(CC(F)(F)F)c1. The summed E-state index contributed by atoms with van der Waals surface area (Å²) < 4.78 is 41.7. The van der Waals surface area contributed by atoms with E-state index in [1.165, 1.54) is 13.3 Å². The van der Waals surface area contributed by atoms with Gasteiger partial charge in [0.2, 0.25) is 5.91 Å². The molecule has 1 aromatic rings. The second kappa shape index (κ2) is 7.10. The molecule has 0 aliphatic carbocycles. The minimum Gasteiger partial charge on any atom is -0.383 e. The monoisotopic (exact) mass is 280 g/mol. The van der Waals surface area contributed by atoms with Crippen molar-refractivity contribution in [3.05, 3.63) is 12.4 Å². The number of nitrogens with one attached hydrogen (secondary N) is 2. The van der Waals surface area contributed by atoms with Crippen LogP contribution in [0.15, 0.2) is 12.4 Å². The minimum absolute atomic E-state index is 0.0494. The molecule has 9 heteroatoms. The van der Waals surface area contributed by atoms with Crippen molar-refractivity contribution in [2.45, 2.75) is 12.7 Å². The third-order valence-electron chi connectivity index (χ3n) is 2.03. The molecule has 1 rings (SSSR count). The van der Waals surface area contributed by atoms with E-state index in [9.17, 15) is 18.0 Å². The van der Waals surface area contributed by atoms with E-state index >= 15 is 0 Å². The Morgan fingerprint density at radius 3 is 2.89 bits per heavy atom. The van der Waals surface area contributed by atoms with Gasteiger partial charge in [0, 0.05) is 19.9 Å². The van der Waals surface area contributed by atoms with Gasteiger partial charge in [-0.2, -0.15) is 18.3 Å². The number of hydrogen-bond donors (Lipinski definition) is 2. The van der Waals surface area contributed by atoms with Crippen molar-refractivity contribution in [1.29, 1.82) is 0 Å². The van der Waals surface area contributed by atoms with Gasteiger partial charge in [-0.25, -0.2) is 0 Å². The van der Waals surface area contributed by atoms with Crippen LogP contribution in [0.3, 0.4) is 0 Å². The number of carbonyl (C=O) groups is 1. The van der Waals surface area contributed by atoms with Gasteiger partial charge in [-0.05, 0) is 0 Å². The number of nitrogens with zero attached hydrogens (tertiary/aromatic N) is 2. The second-order valence-corrected chi connectivity index (χ2v) is 3.76.